The number of para-hydroxylation sites is 1. The Bertz CT molecular complexity index is 1000. The molecule has 7 nitrogen and oxygen atoms in total. The second-order valence-corrected chi connectivity index (χ2v) is 6.65. The van der Waals surface area contributed by atoms with Crippen molar-refractivity contribution >= 4 is 23.6 Å². The van der Waals surface area contributed by atoms with Crippen LogP contribution >= 0.6 is 0 Å². The van der Waals surface area contributed by atoms with E-state index in [1.54, 1.807) is 30.3 Å². The summed E-state index contributed by atoms with van der Waals surface area (Å²) in [5.74, 6) is 0.00217. The highest BCUT2D eigenvalue weighted by atomic mass is 16.7. The Labute approximate surface area is 168 Å². The van der Waals surface area contributed by atoms with Gasteiger partial charge in [0, 0.05) is 5.69 Å². The van der Waals surface area contributed by atoms with E-state index in [2.05, 4.69) is 5.32 Å². The molecule has 1 aliphatic rings. The SMILES string of the molecule is CC(C)c1ccccc1NC(=O)COC(=O)C(C#N)=Cc1ccc2c(c1)OCO2. The van der Waals surface area contributed by atoms with Gasteiger partial charge in [0.1, 0.15) is 11.6 Å². The van der Waals surface area contributed by atoms with E-state index >= 15 is 0 Å². The number of nitriles is 1. The predicted molar refractivity (Wildman–Crippen MR) is 106 cm³/mol. The number of benzene rings is 2. The third-order valence-electron chi connectivity index (χ3n) is 4.24. The second-order valence-electron chi connectivity index (χ2n) is 6.65. The van der Waals surface area contributed by atoms with Gasteiger partial charge in [-0.1, -0.05) is 38.1 Å². The van der Waals surface area contributed by atoms with Crippen molar-refractivity contribution in [3.8, 4) is 17.6 Å². The number of nitrogens with one attached hydrogen (secondary N) is 1. The molecule has 0 spiro atoms. The maximum atomic E-state index is 12.2. The van der Waals surface area contributed by atoms with Gasteiger partial charge in [0.25, 0.3) is 5.91 Å². The molecule has 0 bridgehead atoms. The molecule has 0 radical (unpaired) electrons. The van der Waals surface area contributed by atoms with Gasteiger partial charge in [-0.2, -0.15) is 5.26 Å². The summed E-state index contributed by atoms with van der Waals surface area (Å²) in [5.41, 5.74) is 2.00. The van der Waals surface area contributed by atoms with Crippen molar-refractivity contribution in [2.75, 3.05) is 18.7 Å². The average Bonchev–Trinajstić information content (AvgIpc) is 3.18. The highest BCUT2D eigenvalue weighted by Crippen LogP contribution is 2.33. The van der Waals surface area contributed by atoms with E-state index in [9.17, 15) is 14.9 Å². The van der Waals surface area contributed by atoms with E-state index in [1.165, 1.54) is 6.08 Å². The first-order valence-electron chi connectivity index (χ1n) is 9.05. The molecular formula is C22H20N2O5. The van der Waals surface area contributed by atoms with Crippen LogP contribution < -0.4 is 14.8 Å². The number of rotatable bonds is 6. The smallest absolute Gasteiger partial charge is 0.349 e. The second kappa shape index (κ2) is 8.93. The molecule has 29 heavy (non-hydrogen) atoms. The van der Waals surface area contributed by atoms with E-state index in [0.29, 0.717) is 22.7 Å². The molecule has 0 aromatic heterocycles. The number of anilines is 1. The first-order chi connectivity index (χ1) is 14.0. The molecule has 0 saturated carbocycles. The molecule has 0 unspecified atom stereocenters. The van der Waals surface area contributed by atoms with Crippen LogP contribution in [0.25, 0.3) is 6.08 Å². The van der Waals surface area contributed by atoms with E-state index in [0.717, 1.165) is 5.56 Å². The number of hydrogen-bond donors (Lipinski definition) is 1. The lowest BCUT2D eigenvalue weighted by Crippen LogP contribution is -2.22. The number of amides is 1. The van der Waals surface area contributed by atoms with Crippen LogP contribution in [0.5, 0.6) is 11.5 Å². The molecule has 148 valence electrons. The van der Waals surface area contributed by atoms with Gasteiger partial charge in [-0.05, 0) is 41.3 Å². The highest BCUT2D eigenvalue weighted by molar-refractivity contribution is 6.00. The van der Waals surface area contributed by atoms with E-state index in [4.69, 9.17) is 14.2 Å². The summed E-state index contributed by atoms with van der Waals surface area (Å²) in [6.07, 6.45) is 1.37. The summed E-state index contributed by atoms with van der Waals surface area (Å²) in [6, 6.07) is 14.3. The third-order valence-corrected chi connectivity index (χ3v) is 4.24. The Kier molecular flexibility index (Phi) is 6.15. The lowest BCUT2D eigenvalue weighted by molar-refractivity contribution is -0.142. The van der Waals surface area contributed by atoms with Crippen molar-refractivity contribution in [1.82, 2.24) is 0 Å². The van der Waals surface area contributed by atoms with Crippen molar-refractivity contribution in [1.29, 1.82) is 5.26 Å². The Morgan fingerprint density at radius 2 is 1.97 bits per heavy atom. The van der Waals surface area contributed by atoms with Crippen LogP contribution in [0.4, 0.5) is 5.69 Å². The number of hydrogen-bond acceptors (Lipinski definition) is 6. The molecule has 2 aromatic rings. The van der Waals surface area contributed by atoms with Crippen molar-refractivity contribution in [2.24, 2.45) is 0 Å². The Morgan fingerprint density at radius 3 is 2.72 bits per heavy atom. The van der Waals surface area contributed by atoms with Crippen LogP contribution in [-0.2, 0) is 14.3 Å². The van der Waals surface area contributed by atoms with Crippen LogP contribution in [0.1, 0.15) is 30.9 Å². The maximum Gasteiger partial charge on any atom is 0.349 e. The number of nitrogens with zero attached hydrogens (tertiary/aromatic N) is 1. The van der Waals surface area contributed by atoms with Gasteiger partial charge in [0.05, 0.1) is 0 Å². The van der Waals surface area contributed by atoms with Gasteiger partial charge in [-0.3, -0.25) is 4.79 Å². The van der Waals surface area contributed by atoms with Gasteiger partial charge in [0.2, 0.25) is 6.79 Å². The molecule has 1 heterocycles. The molecular weight excluding hydrogens is 372 g/mol. The molecule has 7 heteroatoms. The molecule has 0 atom stereocenters. The fourth-order valence-corrected chi connectivity index (χ4v) is 2.82. The molecule has 0 saturated heterocycles. The minimum atomic E-state index is -0.877. The van der Waals surface area contributed by atoms with Crippen molar-refractivity contribution in [2.45, 2.75) is 19.8 Å². The van der Waals surface area contributed by atoms with E-state index in [1.807, 2.05) is 32.0 Å². The van der Waals surface area contributed by atoms with Crippen LogP contribution in [0.3, 0.4) is 0 Å². The minimum Gasteiger partial charge on any atom is -0.454 e. The van der Waals surface area contributed by atoms with Crippen LogP contribution in [0.15, 0.2) is 48.0 Å². The summed E-state index contributed by atoms with van der Waals surface area (Å²) >= 11 is 0. The number of carbonyl (C=O) groups excluding carboxylic acids is 2. The van der Waals surface area contributed by atoms with Gasteiger partial charge in [-0.25, -0.2) is 4.79 Å². The quantitative estimate of drug-likeness (QED) is 0.458. The Morgan fingerprint density at radius 1 is 1.21 bits per heavy atom. The minimum absolute atomic E-state index is 0.130. The van der Waals surface area contributed by atoms with Crippen LogP contribution in [0.2, 0.25) is 0 Å². The predicted octanol–water partition coefficient (Wildman–Crippen LogP) is 3.63. The summed E-state index contributed by atoms with van der Waals surface area (Å²) < 4.78 is 15.5. The number of ether oxygens (including phenoxy) is 3. The van der Waals surface area contributed by atoms with Crippen molar-refractivity contribution in [3.63, 3.8) is 0 Å². The fourth-order valence-electron chi connectivity index (χ4n) is 2.82. The number of carbonyl (C=O) groups is 2. The number of esters is 1. The van der Waals surface area contributed by atoms with Crippen molar-refractivity contribution < 1.29 is 23.8 Å². The zero-order valence-electron chi connectivity index (χ0n) is 16.1. The molecule has 3 rings (SSSR count). The highest BCUT2D eigenvalue weighted by Gasteiger charge is 2.17. The molecule has 1 amide bonds. The monoisotopic (exact) mass is 392 g/mol. The lowest BCUT2D eigenvalue weighted by atomic mass is 10.0. The average molecular weight is 392 g/mol. The first-order valence-corrected chi connectivity index (χ1v) is 9.05. The zero-order valence-corrected chi connectivity index (χ0v) is 16.1. The van der Waals surface area contributed by atoms with E-state index in [-0.39, 0.29) is 18.3 Å². The molecule has 2 aromatic carbocycles. The largest absolute Gasteiger partial charge is 0.454 e. The van der Waals surface area contributed by atoms with Gasteiger partial charge in [0.15, 0.2) is 18.1 Å². The van der Waals surface area contributed by atoms with Gasteiger partial charge in [-0.15, -0.1) is 0 Å². The normalized spacial score (nSPS) is 12.4. The topological polar surface area (TPSA) is 97.7 Å². The van der Waals surface area contributed by atoms with Crippen LogP contribution in [0, 0.1) is 11.3 Å². The van der Waals surface area contributed by atoms with E-state index < -0.39 is 18.5 Å². The lowest BCUT2D eigenvalue weighted by Gasteiger charge is -2.13. The Hall–Kier alpha value is -3.79. The molecule has 1 N–H and O–H groups in total. The summed E-state index contributed by atoms with van der Waals surface area (Å²) in [5, 5.41) is 12.0. The number of fused-ring (bicyclic) bond motifs is 1. The first kappa shape index (κ1) is 20.0. The van der Waals surface area contributed by atoms with Gasteiger partial charge < -0.3 is 19.5 Å². The van der Waals surface area contributed by atoms with Crippen LogP contribution in [-0.4, -0.2) is 25.3 Å². The summed E-state index contributed by atoms with van der Waals surface area (Å²) in [4.78, 5) is 24.4. The van der Waals surface area contributed by atoms with Gasteiger partial charge >= 0.3 is 5.97 Å². The Balaban J connectivity index is 1.62. The summed E-state index contributed by atoms with van der Waals surface area (Å²) in [7, 11) is 0. The molecule has 0 fully saturated rings. The molecule has 1 aliphatic heterocycles. The maximum absolute atomic E-state index is 12.2. The third kappa shape index (κ3) is 4.93. The standard InChI is InChI=1S/C22H20N2O5/c1-14(2)17-5-3-4-6-18(17)24-21(25)12-27-22(26)16(11-23)9-15-7-8-19-20(10-15)29-13-28-19/h3-10,14H,12-13H2,1-2H3,(H,24,25). The summed E-state index contributed by atoms with van der Waals surface area (Å²) in [6.45, 7) is 3.67. The zero-order chi connectivity index (χ0) is 20.8. The van der Waals surface area contributed by atoms with Crippen molar-refractivity contribution in [3.05, 3.63) is 59.2 Å². The fraction of sp³-hybridized carbons (Fsp3) is 0.227. The molecule has 0 aliphatic carbocycles.